The van der Waals surface area contributed by atoms with Crippen LogP contribution < -0.4 is 5.73 Å². The molecular formula is C7H7N3S. The molecule has 0 spiro atoms. The van der Waals surface area contributed by atoms with Crippen molar-refractivity contribution < 1.29 is 0 Å². The van der Waals surface area contributed by atoms with Gasteiger partial charge in [0.1, 0.15) is 4.83 Å². The van der Waals surface area contributed by atoms with Crippen molar-refractivity contribution in [1.29, 1.82) is 0 Å². The van der Waals surface area contributed by atoms with Crippen LogP contribution in [0.25, 0.3) is 10.2 Å². The fraction of sp³-hybridized carbons (Fsp3) is 0.143. The number of hydrogen-bond donors (Lipinski definition) is 1. The molecule has 4 heteroatoms. The van der Waals surface area contributed by atoms with Crippen LogP contribution in [-0.4, -0.2) is 9.97 Å². The van der Waals surface area contributed by atoms with Crippen molar-refractivity contribution in [2.24, 2.45) is 0 Å². The monoisotopic (exact) mass is 165 g/mol. The van der Waals surface area contributed by atoms with Gasteiger partial charge in [0.15, 0.2) is 0 Å². The Morgan fingerprint density at radius 3 is 3.18 bits per heavy atom. The molecule has 2 aromatic heterocycles. The van der Waals surface area contributed by atoms with Gasteiger partial charge < -0.3 is 5.73 Å². The van der Waals surface area contributed by atoms with E-state index < -0.39 is 0 Å². The second-order valence-corrected chi connectivity index (χ2v) is 3.22. The second kappa shape index (κ2) is 2.17. The molecule has 0 radical (unpaired) electrons. The Labute approximate surface area is 67.9 Å². The highest BCUT2D eigenvalue weighted by molar-refractivity contribution is 7.16. The van der Waals surface area contributed by atoms with Crippen molar-refractivity contribution in [3.63, 3.8) is 0 Å². The maximum absolute atomic E-state index is 5.42. The van der Waals surface area contributed by atoms with Gasteiger partial charge in [0.05, 0.1) is 0 Å². The van der Waals surface area contributed by atoms with E-state index in [1.54, 1.807) is 17.5 Å². The summed E-state index contributed by atoms with van der Waals surface area (Å²) < 4.78 is 0. The van der Waals surface area contributed by atoms with E-state index in [-0.39, 0.29) is 0 Å². The quantitative estimate of drug-likeness (QED) is 0.644. The lowest BCUT2D eigenvalue weighted by Crippen LogP contribution is -1.92. The molecule has 0 aliphatic heterocycles. The summed E-state index contributed by atoms with van der Waals surface area (Å²) in [7, 11) is 0. The van der Waals surface area contributed by atoms with E-state index in [2.05, 4.69) is 15.3 Å². The summed E-state index contributed by atoms with van der Waals surface area (Å²) in [6.07, 6.45) is 1.77. The first-order valence-electron chi connectivity index (χ1n) is 3.23. The third kappa shape index (κ3) is 0.952. The summed E-state index contributed by atoms with van der Waals surface area (Å²) in [5, 5.41) is 3.16. The van der Waals surface area contributed by atoms with Gasteiger partial charge in [-0.2, -0.15) is 0 Å². The van der Waals surface area contributed by atoms with Crippen molar-refractivity contribution in [2.45, 2.75) is 6.92 Å². The lowest BCUT2D eigenvalue weighted by Gasteiger charge is -1.90. The second-order valence-electron chi connectivity index (χ2n) is 2.37. The first kappa shape index (κ1) is 6.54. The molecule has 2 aromatic rings. The molecule has 2 N–H and O–H groups in total. The third-order valence-corrected chi connectivity index (χ3v) is 2.55. The van der Waals surface area contributed by atoms with Crippen LogP contribution in [0, 0.1) is 6.92 Å². The fourth-order valence-corrected chi connectivity index (χ4v) is 1.85. The molecule has 2 heterocycles. The van der Waals surface area contributed by atoms with Crippen LogP contribution in [-0.2, 0) is 0 Å². The number of aromatic nitrogens is 2. The van der Waals surface area contributed by atoms with Gasteiger partial charge in [-0.15, -0.1) is 11.3 Å². The van der Waals surface area contributed by atoms with E-state index in [1.165, 1.54) is 5.56 Å². The van der Waals surface area contributed by atoms with Crippen LogP contribution in [0.5, 0.6) is 0 Å². The van der Waals surface area contributed by atoms with Crippen LogP contribution in [0.1, 0.15) is 5.56 Å². The Morgan fingerprint density at radius 1 is 1.55 bits per heavy atom. The maximum Gasteiger partial charge on any atom is 0.221 e. The molecule has 0 saturated carbocycles. The standard InChI is InChI=1S/C7H7N3S/c1-4-3-11-6-5(4)2-9-7(8)10-6/h2-3H,1H3,(H2,8,9,10). The van der Waals surface area contributed by atoms with Crippen molar-refractivity contribution in [2.75, 3.05) is 5.73 Å². The Kier molecular flexibility index (Phi) is 1.29. The zero-order valence-corrected chi connectivity index (χ0v) is 6.85. The van der Waals surface area contributed by atoms with Crippen LogP contribution in [0.2, 0.25) is 0 Å². The maximum atomic E-state index is 5.42. The van der Waals surface area contributed by atoms with Gasteiger partial charge >= 0.3 is 0 Å². The molecular weight excluding hydrogens is 158 g/mol. The summed E-state index contributed by atoms with van der Waals surface area (Å²) in [6, 6.07) is 0. The summed E-state index contributed by atoms with van der Waals surface area (Å²) in [5.41, 5.74) is 6.63. The zero-order chi connectivity index (χ0) is 7.84. The minimum absolute atomic E-state index is 0.347. The highest BCUT2D eigenvalue weighted by Gasteiger charge is 2.00. The normalized spacial score (nSPS) is 10.6. The lowest BCUT2D eigenvalue weighted by atomic mass is 10.3. The number of anilines is 1. The highest BCUT2D eigenvalue weighted by Crippen LogP contribution is 2.22. The van der Waals surface area contributed by atoms with Gasteiger partial charge in [0.25, 0.3) is 0 Å². The van der Waals surface area contributed by atoms with Crippen LogP contribution in [0.15, 0.2) is 11.6 Å². The molecule has 0 aliphatic carbocycles. The summed E-state index contributed by atoms with van der Waals surface area (Å²) in [5.74, 6) is 0.347. The average Bonchev–Trinajstić information content (AvgIpc) is 2.32. The topological polar surface area (TPSA) is 51.8 Å². The van der Waals surface area contributed by atoms with Crippen molar-refractivity contribution in [3.05, 3.63) is 17.1 Å². The van der Waals surface area contributed by atoms with Crippen LogP contribution in [0.4, 0.5) is 5.95 Å². The molecule has 0 saturated heterocycles. The van der Waals surface area contributed by atoms with Gasteiger partial charge in [-0.05, 0) is 17.9 Å². The minimum Gasteiger partial charge on any atom is -0.368 e. The molecule has 0 atom stereocenters. The highest BCUT2D eigenvalue weighted by atomic mass is 32.1. The lowest BCUT2D eigenvalue weighted by molar-refractivity contribution is 1.25. The van der Waals surface area contributed by atoms with E-state index in [4.69, 9.17) is 5.73 Å². The Bertz CT molecular complexity index is 393. The minimum atomic E-state index is 0.347. The van der Waals surface area contributed by atoms with Gasteiger partial charge in [-0.25, -0.2) is 9.97 Å². The fourth-order valence-electron chi connectivity index (χ4n) is 0.947. The Morgan fingerprint density at radius 2 is 2.36 bits per heavy atom. The number of rotatable bonds is 0. The summed E-state index contributed by atoms with van der Waals surface area (Å²) in [4.78, 5) is 8.96. The molecule has 0 bridgehead atoms. The van der Waals surface area contributed by atoms with E-state index >= 15 is 0 Å². The van der Waals surface area contributed by atoms with Crippen molar-refractivity contribution in [1.82, 2.24) is 9.97 Å². The predicted molar refractivity (Wildman–Crippen MR) is 46.6 cm³/mol. The molecule has 3 nitrogen and oxygen atoms in total. The molecule has 0 amide bonds. The SMILES string of the molecule is Cc1csc2nc(N)ncc12. The van der Waals surface area contributed by atoms with E-state index in [1.807, 2.05) is 6.92 Å². The number of hydrogen-bond acceptors (Lipinski definition) is 4. The number of fused-ring (bicyclic) bond motifs is 1. The van der Waals surface area contributed by atoms with Gasteiger partial charge in [-0.1, -0.05) is 0 Å². The van der Waals surface area contributed by atoms with Crippen LogP contribution in [0.3, 0.4) is 0 Å². The number of thiophene rings is 1. The molecule has 0 unspecified atom stereocenters. The molecule has 2 rings (SSSR count). The third-order valence-electron chi connectivity index (χ3n) is 1.54. The molecule has 0 aliphatic rings. The Balaban J connectivity index is 2.86. The molecule has 11 heavy (non-hydrogen) atoms. The van der Waals surface area contributed by atoms with Crippen molar-refractivity contribution >= 4 is 27.5 Å². The summed E-state index contributed by atoms with van der Waals surface area (Å²) >= 11 is 1.60. The first-order valence-corrected chi connectivity index (χ1v) is 4.11. The first-order chi connectivity index (χ1) is 5.27. The predicted octanol–water partition coefficient (Wildman–Crippen LogP) is 1.58. The molecule has 0 aromatic carbocycles. The van der Waals surface area contributed by atoms with Gasteiger partial charge in [0.2, 0.25) is 5.95 Å². The summed E-state index contributed by atoms with van der Waals surface area (Å²) in [6.45, 7) is 2.04. The van der Waals surface area contributed by atoms with Crippen molar-refractivity contribution in [3.8, 4) is 0 Å². The number of aryl methyl sites for hydroxylation is 1. The van der Waals surface area contributed by atoms with E-state index in [0.717, 1.165) is 10.2 Å². The van der Waals surface area contributed by atoms with Gasteiger partial charge in [0, 0.05) is 11.6 Å². The van der Waals surface area contributed by atoms with E-state index in [0.29, 0.717) is 5.95 Å². The Hall–Kier alpha value is -1.16. The largest absolute Gasteiger partial charge is 0.368 e. The number of nitrogens with zero attached hydrogens (tertiary/aromatic N) is 2. The number of nitrogens with two attached hydrogens (primary N) is 1. The van der Waals surface area contributed by atoms with Gasteiger partial charge in [-0.3, -0.25) is 0 Å². The molecule has 0 fully saturated rings. The van der Waals surface area contributed by atoms with Crippen LogP contribution >= 0.6 is 11.3 Å². The van der Waals surface area contributed by atoms with E-state index in [9.17, 15) is 0 Å². The average molecular weight is 165 g/mol. The molecule has 56 valence electrons. The number of nitrogen functional groups attached to an aromatic ring is 1. The zero-order valence-electron chi connectivity index (χ0n) is 6.03. The smallest absolute Gasteiger partial charge is 0.221 e.